The van der Waals surface area contributed by atoms with Crippen molar-refractivity contribution < 1.29 is 26.7 Å². The number of aryl methyl sites for hydroxylation is 1. The van der Waals surface area contributed by atoms with E-state index in [1.807, 2.05) is 0 Å². The maximum Gasteiger partial charge on any atom is 0.276 e. The number of benzene rings is 1. The first kappa shape index (κ1) is 18.3. The van der Waals surface area contributed by atoms with Crippen molar-refractivity contribution in [1.29, 1.82) is 0 Å². The number of nitrogens with one attached hydrogen (secondary N) is 2. The van der Waals surface area contributed by atoms with Crippen molar-refractivity contribution in [2.75, 3.05) is 5.32 Å². The summed E-state index contributed by atoms with van der Waals surface area (Å²) in [5.74, 6) is -2.95. The van der Waals surface area contributed by atoms with Crippen LogP contribution in [0.25, 0.3) is 0 Å². The van der Waals surface area contributed by atoms with Crippen LogP contribution in [0.2, 0.25) is 0 Å². The van der Waals surface area contributed by atoms with Crippen molar-refractivity contribution in [2.45, 2.75) is 30.9 Å². The van der Waals surface area contributed by atoms with E-state index in [0.717, 1.165) is 12.1 Å². The summed E-state index contributed by atoms with van der Waals surface area (Å²) in [6.45, 7) is 3.32. The maximum absolute atomic E-state index is 13.3. The van der Waals surface area contributed by atoms with E-state index in [1.165, 1.54) is 23.9 Å². The van der Waals surface area contributed by atoms with E-state index in [9.17, 15) is 22.0 Å². The minimum Gasteiger partial charge on any atom is -0.485 e. The molecule has 3 rings (SSSR count). The van der Waals surface area contributed by atoms with Crippen molar-refractivity contribution in [3.05, 3.63) is 41.7 Å². The lowest BCUT2D eigenvalue weighted by atomic mass is 10.2. The van der Waals surface area contributed by atoms with Crippen molar-refractivity contribution in [1.82, 2.24) is 9.29 Å². The molecule has 0 saturated heterocycles. The van der Waals surface area contributed by atoms with Crippen LogP contribution in [0, 0.1) is 11.6 Å². The monoisotopic (exact) mass is 385 g/mol. The van der Waals surface area contributed by atoms with E-state index in [1.54, 1.807) is 13.8 Å². The Labute approximate surface area is 149 Å². The van der Waals surface area contributed by atoms with Crippen molar-refractivity contribution in [2.24, 2.45) is 7.05 Å². The molecule has 0 saturated carbocycles. The molecule has 0 aliphatic carbocycles. The van der Waals surface area contributed by atoms with Gasteiger partial charge in [0.1, 0.15) is 11.0 Å². The molecule has 7 nitrogen and oxygen atoms in total. The number of fused-ring (bicyclic) bond motifs is 1. The smallest absolute Gasteiger partial charge is 0.276 e. The minimum atomic E-state index is -3.87. The number of hydrogen-bond donors (Lipinski definition) is 2. The molecule has 26 heavy (non-hydrogen) atoms. The Morgan fingerprint density at radius 2 is 1.96 bits per heavy atom. The summed E-state index contributed by atoms with van der Waals surface area (Å²) in [6.07, 6.45) is 0.742. The number of anilines is 1. The third kappa shape index (κ3) is 3.17. The normalized spacial score (nSPS) is 21.4. The SMILES string of the molecule is C[C@@H]1Oc2c(cn(C)c2C(=O)Nc2ccc(F)c(F)c2)S(=O)(=O)N[C@@H]1C. The zero-order chi connectivity index (χ0) is 19.2. The van der Waals surface area contributed by atoms with Gasteiger partial charge in [0.25, 0.3) is 5.91 Å². The third-order valence-corrected chi connectivity index (χ3v) is 5.69. The molecule has 10 heteroatoms. The van der Waals surface area contributed by atoms with Gasteiger partial charge in [-0.05, 0) is 26.0 Å². The number of sulfonamides is 1. The molecule has 2 atom stereocenters. The second-order valence-corrected chi connectivity index (χ2v) is 7.78. The van der Waals surface area contributed by atoms with E-state index >= 15 is 0 Å². The standard InChI is InChI=1S/C16H17F2N3O4S/c1-8-9(2)25-15-13(26(23,24)20-8)7-21(3)14(15)16(22)19-10-4-5-11(17)12(18)6-10/h4-9,20H,1-3H3,(H,19,22)/t8-,9+/m1/s1. The number of hydrogen-bond acceptors (Lipinski definition) is 4. The van der Waals surface area contributed by atoms with Gasteiger partial charge in [-0.1, -0.05) is 0 Å². The predicted molar refractivity (Wildman–Crippen MR) is 89.6 cm³/mol. The summed E-state index contributed by atoms with van der Waals surface area (Å²) in [7, 11) is -2.38. The Morgan fingerprint density at radius 3 is 2.62 bits per heavy atom. The average molecular weight is 385 g/mol. The Kier molecular flexibility index (Phi) is 4.49. The molecule has 0 bridgehead atoms. The fourth-order valence-corrected chi connectivity index (χ4v) is 4.09. The zero-order valence-electron chi connectivity index (χ0n) is 14.2. The summed E-state index contributed by atoms with van der Waals surface area (Å²) < 4.78 is 60.7. The van der Waals surface area contributed by atoms with Gasteiger partial charge in [-0.15, -0.1) is 0 Å². The van der Waals surface area contributed by atoms with Gasteiger partial charge in [0.2, 0.25) is 10.0 Å². The summed E-state index contributed by atoms with van der Waals surface area (Å²) in [5.41, 5.74) is -0.0177. The predicted octanol–water partition coefficient (Wildman–Crippen LogP) is 2.00. The molecule has 2 aromatic rings. The Hall–Kier alpha value is -2.46. The average Bonchev–Trinajstić information content (AvgIpc) is 2.84. The van der Waals surface area contributed by atoms with Gasteiger partial charge in [-0.2, -0.15) is 0 Å². The first-order chi connectivity index (χ1) is 12.1. The third-order valence-electron chi connectivity index (χ3n) is 4.13. The van der Waals surface area contributed by atoms with E-state index in [4.69, 9.17) is 4.74 Å². The highest BCUT2D eigenvalue weighted by molar-refractivity contribution is 7.89. The van der Waals surface area contributed by atoms with Crippen LogP contribution in [-0.4, -0.2) is 31.0 Å². The lowest BCUT2D eigenvalue weighted by Gasteiger charge is -2.18. The summed E-state index contributed by atoms with van der Waals surface area (Å²) in [6, 6.07) is 2.41. The number of aromatic nitrogens is 1. The van der Waals surface area contributed by atoms with Gasteiger partial charge in [0.15, 0.2) is 23.1 Å². The van der Waals surface area contributed by atoms with Crippen molar-refractivity contribution in [3.63, 3.8) is 0 Å². The van der Waals surface area contributed by atoms with Crippen LogP contribution in [0.1, 0.15) is 24.3 Å². The highest BCUT2D eigenvalue weighted by Gasteiger charge is 2.36. The molecular formula is C16H17F2N3O4S. The van der Waals surface area contributed by atoms with E-state index in [2.05, 4.69) is 10.0 Å². The Bertz CT molecular complexity index is 988. The zero-order valence-corrected chi connectivity index (χ0v) is 15.0. The number of nitrogens with zero attached hydrogens (tertiary/aromatic N) is 1. The number of rotatable bonds is 2. The Morgan fingerprint density at radius 1 is 1.27 bits per heavy atom. The minimum absolute atomic E-state index is 0.0277. The number of carbonyl (C=O) groups is 1. The topological polar surface area (TPSA) is 89.4 Å². The Balaban J connectivity index is 2.02. The molecule has 2 heterocycles. The number of ether oxygens (including phenoxy) is 1. The fourth-order valence-electron chi connectivity index (χ4n) is 2.60. The fraction of sp³-hybridized carbons (Fsp3) is 0.312. The number of amides is 1. The first-order valence-corrected chi connectivity index (χ1v) is 9.23. The van der Waals surface area contributed by atoms with Crippen LogP contribution in [0.4, 0.5) is 14.5 Å². The van der Waals surface area contributed by atoms with Gasteiger partial charge >= 0.3 is 0 Å². The molecule has 1 aliphatic rings. The summed E-state index contributed by atoms with van der Waals surface area (Å²) in [4.78, 5) is 12.5. The van der Waals surface area contributed by atoms with Gasteiger partial charge in [-0.3, -0.25) is 4.79 Å². The molecule has 0 spiro atoms. The molecule has 1 aromatic carbocycles. The largest absolute Gasteiger partial charge is 0.485 e. The van der Waals surface area contributed by atoms with Crippen molar-refractivity contribution in [3.8, 4) is 5.75 Å². The van der Waals surface area contributed by atoms with Gasteiger partial charge < -0.3 is 14.6 Å². The first-order valence-electron chi connectivity index (χ1n) is 7.75. The number of carbonyl (C=O) groups excluding carboxylic acids is 1. The van der Waals surface area contributed by atoms with Crippen LogP contribution in [0.15, 0.2) is 29.3 Å². The maximum atomic E-state index is 13.3. The summed E-state index contributed by atoms with van der Waals surface area (Å²) in [5, 5.41) is 2.42. The lowest BCUT2D eigenvalue weighted by Crippen LogP contribution is -2.39. The van der Waals surface area contributed by atoms with Crippen LogP contribution >= 0.6 is 0 Å². The van der Waals surface area contributed by atoms with Crippen LogP contribution < -0.4 is 14.8 Å². The van der Waals surface area contributed by atoms with Crippen molar-refractivity contribution >= 4 is 21.6 Å². The molecule has 1 aliphatic heterocycles. The van der Waals surface area contributed by atoms with Gasteiger partial charge in [-0.25, -0.2) is 21.9 Å². The van der Waals surface area contributed by atoms with Crippen LogP contribution in [0.5, 0.6) is 5.75 Å². The quantitative estimate of drug-likeness (QED) is 0.828. The number of halogens is 2. The highest BCUT2D eigenvalue weighted by Crippen LogP contribution is 2.34. The van der Waals surface area contributed by atoms with Gasteiger partial charge in [0, 0.05) is 25.0 Å². The highest BCUT2D eigenvalue weighted by atomic mass is 32.2. The van der Waals surface area contributed by atoms with E-state index in [-0.39, 0.29) is 22.0 Å². The molecule has 1 amide bonds. The van der Waals surface area contributed by atoms with E-state index in [0.29, 0.717) is 0 Å². The lowest BCUT2D eigenvalue weighted by molar-refractivity contribution is 0.101. The van der Waals surface area contributed by atoms with E-state index < -0.39 is 39.7 Å². The second kappa shape index (κ2) is 6.36. The van der Waals surface area contributed by atoms with Crippen LogP contribution in [-0.2, 0) is 17.1 Å². The summed E-state index contributed by atoms with van der Waals surface area (Å²) >= 11 is 0. The second-order valence-electron chi connectivity index (χ2n) is 6.10. The molecule has 140 valence electrons. The molecule has 2 N–H and O–H groups in total. The molecule has 0 radical (unpaired) electrons. The van der Waals surface area contributed by atoms with Gasteiger partial charge in [0.05, 0.1) is 6.04 Å². The molecular weight excluding hydrogens is 368 g/mol. The molecule has 0 fully saturated rings. The molecule has 1 aromatic heterocycles. The van der Waals surface area contributed by atoms with Crippen LogP contribution in [0.3, 0.4) is 0 Å². The molecule has 0 unspecified atom stereocenters.